The van der Waals surface area contributed by atoms with Gasteiger partial charge in [0.1, 0.15) is 5.75 Å². The zero-order valence-electron chi connectivity index (χ0n) is 19.5. The molecule has 2 aliphatic heterocycles. The summed E-state index contributed by atoms with van der Waals surface area (Å²) in [5, 5.41) is 13.8. The summed E-state index contributed by atoms with van der Waals surface area (Å²) in [6.07, 6.45) is -2.64. The molecule has 2 fully saturated rings. The van der Waals surface area contributed by atoms with Crippen molar-refractivity contribution in [2.75, 3.05) is 26.7 Å². The highest BCUT2D eigenvalue weighted by Gasteiger charge is 2.55. The van der Waals surface area contributed by atoms with Gasteiger partial charge in [0.2, 0.25) is 5.91 Å². The first-order chi connectivity index (χ1) is 16.8. The number of amides is 1. The van der Waals surface area contributed by atoms with Gasteiger partial charge in [-0.05, 0) is 36.6 Å². The molecule has 0 bridgehead atoms. The Balaban J connectivity index is 0.000000454. The Hall–Kier alpha value is -3.22. The van der Waals surface area contributed by atoms with Crippen molar-refractivity contribution < 1.29 is 41.4 Å². The van der Waals surface area contributed by atoms with Gasteiger partial charge in [0.15, 0.2) is 0 Å². The molecule has 0 radical (unpaired) electrons. The standard InChI is InChI=1S/C21H26F2N4O2.C2HF3O2/c1-29-18-5-2-4-16(10-18)11-27-9-3-7-20(19(27)28)13-21(22,23)15-26(14-20)12-17-6-8-24-25-17;3-2(4,5)1(6)7/h2,4-6,8,10H,3,7,9,11-15H2,1H3,(H,24,25);(H,6,7). The van der Waals surface area contributed by atoms with Crippen LogP contribution in [0.2, 0.25) is 0 Å². The Kier molecular flexibility index (Phi) is 8.22. The van der Waals surface area contributed by atoms with E-state index in [1.165, 1.54) is 0 Å². The van der Waals surface area contributed by atoms with Gasteiger partial charge in [-0.15, -0.1) is 0 Å². The lowest BCUT2D eigenvalue weighted by atomic mass is 9.71. The number of H-pyrrole nitrogens is 1. The summed E-state index contributed by atoms with van der Waals surface area (Å²) in [5.41, 5.74) is 0.666. The Morgan fingerprint density at radius 3 is 2.56 bits per heavy atom. The van der Waals surface area contributed by atoms with Crippen LogP contribution >= 0.6 is 0 Å². The number of halogens is 5. The molecular weight excluding hydrogens is 491 g/mol. The van der Waals surface area contributed by atoms with Crippen LogP contribution in [0.25, 0.3) is 0 Å². The SMILES string of the molecule is COc1cccc(CN2CCCC3(CN(Cc4ccn[nH]4)CC(F)(F)C3)C2=O)c1.O=C(O)C(F)(F)F. The number of nitrogens with one attached hydrogen (secondary N) is 1. The number of methoxy groups -OCH3 is 1. The van der Waals surface area contributed by atoms with Crippen LogP contribution in [-0.2, 0) is 22.7 Å². The number of carboxylic acid groups (broad SMARTS) is 1. The maximum atomic E-state index is 14.7. The fourth-order valence-electron chi connectivity index (χ4n) is 4.75. The Bertz CT molecular complexity index is 1050. The number of hydrogen-bond acceptors (Lipinski definition) is 5. The number of aromatic nitrogens is 2. The minimum atomic E-state index is -5.08. The zero-order chi connectivity index (χ0) is 26.6. The van der Waals surface area contributed by atoms with Gasteiger partial charge in [-0.25, -0.2) is 13.6 Å². The van der Waals surface area contributed by atoms with Crippen LogP contribution in [0.5, 0.6) is 5.75 Å². The second-order valence-electron chi connectivity index (χ2n) is 9.02. The number of carbonyl (C=O) groups excluding carboxylic acids is 1. The summed E-state index contributed by atoms with van der Waals surface area (Å²) in [7, 11) is 1.60. The molecule has 198 valence electrons. The molecule has 1 aromatic carbocycles. The van der Waals surface area contributed by atoms with Crippen LogP contribution in [0.4, 0.5) is 22.0 Å². The molecule has 36 heavy (non-hydrogen) atoms. The van der Waals surface area contributed by atoms with E-state index in [2.05, 4.69) is 10.2 Å². The molecule has 1 aromatic heterocycles. The lowest BCUT2D eigenvalue weighted by Crippen LogP contribution is -2.60. The van der Waals surface area contributed by atoms with Gasteiger partial charge in [-0.1, -0.05) is 12.1 Å². The van der Waals surface area contributed by atoms with E-state index in [-0.39, 0.29) is 18.9 Å². The highest BCUT2D eigenvalue weighted by Crippen LogP contribution is 2.45. The molecular formula is C23H27F5N4O4. The van der Waals surface area contributed by atoms with Gasteiger partial charge in [0, 0.05) is 44.5 Å². The van der Waals surface area contributed by atoms with Gasteiger partial charge in [-0.2, -0.15) is 18.3 Å². The first-order valence-electron chi connectivity index (χ1n) is 11.1. The molecule has 1 amide bonds. The summed E-state index contributed by atoms with van der Waals surface area (Å²) >= 11 is 0. The topological polar surface area (TPSA) is 98.8 Å². The third-order valence-electron chi connectivity index (χ3n) is 6.10. The molecule has 0 saturated carbocycles. The normalized spacial score (nSPS) is 22.2. The minimum absolute atomic E-state index is 0.166. The van der Waals surface area contributed by atoms with Gasteiger partial charge in [0.05, 0.1) is 19.1 Å². The van der Waals surface area contributed by atoms with Crippen LogP contribution in [-0.4, -0.2) is 75.8 Å². The summed E-state index contributed by atoms with van der Waals surface area (Å²) in [6, 6.07) is 9.31. The van der Waals surface area contributed by atoms with Crippen LogP contribution in [0.1, 0.15) is 30.5 Å². The number of hydrogen-bond donors (Lipinski definition) is 2. The third-order valence-corrected chi connectivity index (χ3v) is 6.10. The molecule has 2 aliphatic rings. The lowest BCUT2D eigenvalue weighted by Gasteiger charge is -2.49. The number of carboxylic acids is 1. The highest BCUT2D eigenvalue weighted by molar-refractivity contribution is 5.84. The maximum Gasteiger partial charge on any atom is 0.490 e. The largest absolute Gasteiger partial charge is 0.497 e. The van der Waals surface area contributed by atoms with Crippen LogP contribution in [0, 0.1) is 5.41 Å². The summed E-state index contributed by atoms with van der Waals surface area (Å²) in [4.78, 5) is 25.7. The number of benzene rings is 1. The first kappa shape index (κ1) is 27.4. The van der Waals surface area contributed by atoms with Crippen molar-refractivity contribution in [3.05, 3.63) is 47.8 Å². The molecule has 13 heteroatoms. The number of piperidine rings is 2. The van der Waals surface area contributed by atoms with E-state index in [1.54, 1.807) is 29.2 Å². The smallest absolute Gasteiger partial charge is 0.490 e. The predicted octanol–water partition coefficient (Wildman–Crippen LogP) is 3.70. The quantitative estimate of drug-likeness (QED) is 0.586. The molecule has 2 aromatic rings. The van der Waals surface area contributed by atoms with E-state index in [0.29, 0.717) is 32.6 Å². The summed E-state index contributed by atoms with van der Waals surface area (Å²) < 4.78 is 66.4. The van der Waals surface area contributed by atoms with Crippen molar-refractivity contribution in [3.8, 4) is 5.75 Å². The van der Waals surface area contributed by atoms with Crippen molar-refractivity contribution >= 4 is 11.9 Å². The van der Waals surface area contributed by atoms with Gasteiger partial charge < -0.3 is 14.7 Å². The minimum Gasteiger partial charge on any atom is -0.497 e. The van der Waals surface area contributed by atoms with E-state index < -0.39 is 23.5 Å². The first-order valence-corrected chi connectivity index (χ1v) is 11.1. The van der Waals surface area contributed by atoms with Crippen molar-refractivity contribution in [2.45, 2.75) is 44.5 Å². The van der Waals surface area contributed by atoms with E-state index >= 15 is 0 Å². The number of carbonyl (C=O) groups is 2. The molecule has 3 heterocycles. The van der Waals surface area contributed by atoms with Crippen LogP contribution in [0.15, 0.2) is 36.5 Å². The number of likely N-dealkylation sites (tertiary alicyclic amines) is 2. The fraction of sp³-hybridized carbons (Fsp3) is 0.522. The molecule has 1 spiro atoms. The van der Waals surface area contributed by atoms with Crippen LogP contribution in [0.3, 0.4) is 0 Å². The predicted molar refractivity (Wildman–Crippen MR) is 117 cm³/mol. The number of aliphatic carboxylic acids is 1. The lowest BCUT2D eigenvalue weighted by molar-refractivity contribution is -0.192. The molecule has 1 unspecified atom stereocenters. The Morgan fingerprint density at radius 1 is 1.22 bits per heavy atom. The fourth-order valence-corrected chi connectivity index (χ4v) is 4.75. The third kappa shape index (κ3) is 6.93. The molecule has 2 saturated heterocycles. The maximum absolute atomic E-state index is 14.7. The number of alkyl halides is 5. The second kappa shape index (κ2) is 10.8. The molecule has 0 aliphatic carbocycles. The Labute approximate surface area is 204 Å². The highest BCUT2D eigenvalue weighted by atomic mass is 19.4. The summed E-state index contributed by atoms with van der Waals surface area (Å²) in [6.45, 7) is 1.33. The van der Waals surface area contributed by atoms with Gasteiger partial charge in [-0.3, -0.25) is 14.8 Å². The van der Waals surface area contributed by atoms with Crippen molar-refractivity contribution in [3.63, 3.8) is 0 Å². The number of ether oxygens (including phenoxy) is 1. The average Bonchev–Trinajstić information content (AvgIpc) is 3.29. The van der Waals surface area contributed by atoms with Gasteiger partial charge in [0.25, 0.3) is 5.92 Å². The number of nitrogens with zero attached hydrogens (tertiary/aromatic N) is 3. The average molecular weight is 518 g/mol. The monoisotopic (exact) mass is 518 g/mol. The van der Waals surface area contributed by atoms with Crippen molar-refractivity contribution in [1.29, 1.82) is 0 Å². The van der Waals surface area contributed by atoms with Gasteiger partial charge >= 0.3 is 12.1 Å². The zero-order valence-corrected chi connectivity index (χ0v) is 19.5. The molecule has 2 N–H and O–H groups in total. The van der Waals surface area contributed by atoms with E-state index in [1.807, 2.05) is 24.3 Å². The second-order valence-corrected chi connectivity index (χ2v) is 9.02. The van der Waals surface area contributed by atoms with E-state index in [4.69, 9.17) is 14.6 Å². The van der Waals surface area contributed by atoms with Crippen LogP contribution < -0.4 is 4.74 Å². The Morgan fingerprint density at radius 2 is 1.94 bits per heavy atom. The van der Waals surface area contributed by atoms with Crippen molar-refractivity contribution in [1.82, 2.24) is 20.0 Å². The number of rotatable bonds is 5. The summed E-state index contributed by atoms with van der Waals surface area (Å²) in [5.74, 6) is -5.10. The van der Waals surface area contributed by atoms with E-state index in [0.717, 1.165) is 23.4 Å². The molecule has 8 nitrogen and oxygen atoms in total. The van der Waals surface area contributed by atoms with E-state index in [9.17, 15) is 26.7 Å². The molecule has 4 rings (SSSR count). The van der Waals surface area contributed by atoms with Crippen molar-refractivity contribution in [2.24, 2.45) is 5.41 Å². The number of aromatic amines is 1. The molecule has 1 atom stereocenters.